The van der Waals surface area contributed by atoms with Crippen molar-refractivity contribution in [3.05, 3.63) is 81.0 Å². The molecule has 0 N–H and O–H groups in total. The topological polar surface area (TPSA) is 95.2 Å². The van der Waals surface area contributed by atoms with Crippen LogP contribution in [0.2, 0.25) is 0 Å². The second-order valence-electron chi connectivity index (χ2n) is 8.19. The van der Waals surface area contributed by atoms with Crippen molar-refractivity contribution < 1.29 is 0 Å². The monoisotopic (exact) mass is 608 g/mol. The van der Waals surface area contributed by atoms with Gasteiger partial charge in [0.1, 0.15) is 24.3 Å². The minimum Gasteiger partial charge on any atom is -0.192 e. The van der Waals surface area contributed by atoms with Crippen LogP contribution in [-0.2, 0) is 0 Å². The fraction of sp³-hybridized carbons (Fsp3) is 0.0345. The van der Waals surface area contributed by atoms with E-state index in [2.05, 4.69) is 60.7 Å². The van der Waals surface area contributed by atoms with E-state index in [1.807, 2.05) is 19.1 Å². The third-order valence-corrected chi connectivity index (χ3v) is 13.3. The molecule has 0 amide bonds. The van der Waals surface area contributed by atoms with Crippen molar-refractivity contribution in [3.63, 3.8) is 0 Å². The van der Waals surface area contributed by atoms with Gasteiger partial charge < -0.3 is 0 Å². The first kappa shape index (κ1) is 25.4. The normalized spacial score (nSPS) is 10.6. The number of nitriles is 4. The van der Waals surface area contributed by atoms with Gasteiger partial charge in [-0.05, 0) is 55.5 Å². The maximum Gasteiger partial charge on any atom is 0.102 e. The molecular formula is C29H12N4S6. The van der Waals surface area contributed by atoms with E-state index in [1.165, 1.54) is 32.4 Å². The van der Waals surface area contributed by atoms with E-state index in [0.29, 0.717) is 22.3 Å². The predicted octanol–water partition coefficient (Wildman–Crippen LogP) is 10.2. The largest absolute Gasteiger partial charge is 0.192 e. The number of thiophene rings is 6. The number of hydrogen-bond acceptors (Lipinski definition) is 10. The molecule has 184 valence electrons. The molecule has 0 unspecified atom stereocenters. The highest BCUT2D eigenvalue weighted by atomic mass is 32.1. The Morgan fingerprint density at radius 3 is 1.31 bits per heavy atom. The van der Waals surface area contributed by atoms with E-state index in [-0.39, 0.29) is 0 Å². The van der Waals surface area contributed by atoms with Crippen LogP contribution in [0.5, 0.6) is 0 Å². The molecule has 0 aliphatic carbocycles. The molecule has 0 aliphatic rings. The fourth-order valence-electron chi connectivity index (χ4n) is 4.08. The summed E-state index contributed by atoms with van der Waals surface area (Å²) >= 11 is 9.69. The summed E-state index contributed by atoms with van der Waals surface area (Å²) in [6.07, 6.45) is 0. The van der Waals surface area contributed by atoms with Crippen molar-refractivity contribution >= 4 is 68.0 Å². The van der Waals surface area contributed by atoms with E-state index < -0.39 is 0 Å². The number of hydrogen-bond donors (Lipinski definition) is 0. The molecule has 0 saturated carbocycles. The minimum atomic E-state index is 0.431. The molecule has 0 radical (unpaired) electrons. The highest BCUT2D eigenvalue weighted by Crippen LogP contribution is 2.47. The molecule has 0 saturated heterocycles. The molecule has 0 spiro atoms. The smallest absolute Gasteiger partial charge is 0.102 e. The van der Waals surface area contributed by atoms with Crippen LogP contribution in [0, 0.1) is 52.2 Å². The molecule has 0 atom stereocenters. The predicted molar refractivity (Wildman–Crippen MR) is 164 cm³/mol. The minimum absolute atomic E-state index is 0.431. The summed E-state index contributed by atoms with van der Waals surface area (Å²) in [5, 5.41) is 39.6. The lowest BCUT2D eigenvalue weighted by Crippen LogP contribution is -1.79. The van der Waals surface area contributed by atoms with Gasteiger partial charge in [-0.2, -0.15) is 21.0 Å². The van der Waals surface area contributed by atoms with Crippen molar-refractivity contribution in [3.8, 4) is 73.0 Å². The summed E-state index contributed by atoms with van der Waals surface area (Å²) in [7, 11) is 0. The first-order valence-electron chi connectivity index (χ1n) is 11.3. The van der Waals surface area contributed by atoms with Crippen molar-refractivity contribution in [1.82, 2.24) is 0 Å². The molecule has 0 aliphatic heterocycles. The zero-order valence-electron chi connectivity index (χ0n) is 19.9. The highest BCUT2D eigenvalue weighted by molar-refractivity contribution is 7.30. The molecule has 0 fully saturated rings. The van der Waals surface area contributed by atoms with Crippen LogP contribution in [-0.4, -0.2) is 0 Å². The van der Waals surface area contributed by atoms with Crippen molar-refractivity contribution in [1.29, 1.82) is 21.0 Å². The molecule has 6 rings (SSSR count). The maximum atomic E-state index is 9.63. The average Bonchev–Trinajstić information content (AvgIpc) is 3.78. The Morgan fingerprint density at radius 2 is 0.872 bits per heavy atom. The summed E-state index contributed by atoms with van der Waals surface area (Å²) in [6.45, 7) is 1.89. The molecule has 6 heterocycles. The summed E-state index contributed by atoms with van der Waals surface area (Å²) in [5.74, 6) is 0. The quantitative estimate of drug-likeness (QED) is 0.194. The van der Waals surface area contributed by atoms with E-state index in [4.69, 9.17) is 0 Å². The van der Waals surface area contributed by atoms with Gasteiger partial charge in [0.05, 0.1) is 32.0 Å². The SMILES string of the molecule is Cc1sc(-c2ccc(-c3ccc(-c4ccc(-c5ccc(-c6scc(C#N)c6C#N)s5)s4)s3)s2)c(C#N)c1C#N. The molecule has 6 aromatic heterocycles. The third kappa shape index (κ3) is 4.44. The van der Waals surface area contributed by atoms with Gasteiger partial charge in [0, 0.05) is 49.3 Å². The van der Waals surface area contributed by atoms with Gasteiger partial charge in [-0.3, -0.25) is 0 Å². The first-order chi connectivity index (χ1) is 19.0. The number of nitrogens with zero attached hydrogens (tertiary/aromatic N) is 4. The Hall–Kier alpha value is -3.84. The second kappa shape index (κ2) is 10.4. The molecule has 10 heteroatoms. The van der Waals surface area contributed by atoms with Gasteiger partial charge in [0.25, 0.3) is 0 Å². The van der Waals surface area contributed by atoms with E-state index in [0.717, 1.165) is 43.9 Å². The van der Waals surface area contributed by atoms with Gasteiger partial charge in [-0.1, -0.05) is 0 Å². The maximum absolute atomic E-state index is 9.63. The van der Waals surface area contributed by atoms with E-state index in [1.54, 1.807) is 50.7 Å². The lowest BCUT2D eigenvalue weighted by atomic mass is 10.1. The standard InChI is InChI=1S/C29H12N4S6/c1-15-17(11-31)19(13-33)29(35-15)27-9-7-25(39-27)23-5-3-21(37-23)20-2-4-22(36-20)24-6-8-26(38-24)28-18(12-32)16(10-30)14-34-28/h2-9,14H,1H3. The molecule has 0 aromatic carbocycles. The molecule has 0 bridgehead atoms. The Kier molecular flexibility index (Phi) is 6.77. The van der Waals surface area contributed by atoms with Crippen molar-refractivity contribution in [2.45, 2.75) is 6.92 Å². The summed E-state index contributed by atoms with van der Waals surface area (Å²) < 4.78 is 0. The van der Waals surface area contributed by atoms with Crippen LogP contribution in [0.3, 0.4) is 0 Å². The third-order valence-electron chi connectivity index (χ3n) is 5.93. The zero-order valence-corrected chi connectivity index (χ0v) is 24.8. The lowest BCUT2D eigenvalue weighted by Gasteiger charge is -1.94. The molecular weight excluding hydrogens is 597 g/mol. The van der Waals surface area contributed by atoms with Crippen molar-refractivity contribution in [2.75, 3.05) is 0 Å². The van der Waals surface area contributed by atoms with Crippen molar-refractivity contribution in [2.24, 2.45) is 0 Å². The lowest BCUT2D eigenvalue weighted by molar-refractivity contribution is 1.43. The van der Waals surface area contributed by atoms with Gasteiger partial charge in [-0.15, -0.1) is 68.0 Å². The van der Waals surface area contributed by atoms with Crippen LogP contribution in [0.1, 0.15) is 27.1 Å². The van der Waals surface area contributed by atoms with Crippen LogP contribution in [0.25, 0.3) is 48.8 Å². The van der Waals surface area contributed by atoms with E-state index in [9.17, 15) is 21.0 Å². The van der Waals surface area contributed by atoms with Gasteiger partial charge in [0.2, 0.25) is 0 Å². The second-order valence-corrected chi connectivity index (χ2v) is 14.6. The van der Waals surface area contributed by atoms with E-state index >= 15 is 0 Å². The molecule has 6 aromatic rings. The number of rotatable bonds is 5. The highest BCUT2D eigenvalue weighted by Gasteiger charge is 2.20. The Morgan fingerprint density at radius 1 is 0.462 bits per heavy atom. The van der Waals surface area contributed by atoms with Gasteiger partial charge in [-0.25, -0.2) is 0 Å². The Balaban J connectivity index is 1.25. The molecule has 4 nitrogen and oxygen atoms in total. The molecule has 39 heavy (non-hydrogen) atoms. The summed E-state index contributed by atoms with van der Waals surface area (Å²) in [4.78, 5) is 11.6. The summed E-state index contributed by atoms with van der Waals surface area (Å²) in [5.41, 5.74) is 1.83. The van der Waals surface area contributed by atoms with Crippen LogP contribution in [0.4, 0.5) is 0 Å². The Bertz CT molecular complexity index is 2040. The van der Waals surface area contributed by atoms with Crippen LogP contribution in [0.15, 0.2) is 53.9 Å². The number of aryl methyl sites for hydroxylation is 1. The van der Waals surface area contributed by atoms with Crippen LogP contribution < -0.4 is 0 Å². The van der Waals surface area contributed by atoms with Crippen LogP contribution >= 0.6 is 68.0 Å². The Labute approximate surface area is 248 Å². The first-order valence-corrected chi connectivity index (χ1v) is 16.3. The van der Waals surface area contributed by atoms with Gasteiger partial charge >= 0.3 is 0 Å². The summed E-state index contributed by atoms with van der Waals surface area (Å²) in [6, 6.07) is 25.5. The fourth-order valence-corrected chi connectivity index (χ4v) is 10.6. The average molecular weight is 609 g/mol. The van der Waals surface area contributed by atoms with Gasteiger partial charge in [0.15, 0.2) is 0 Å². The zero-order chi connectivity index (χ0) is 27.1.